The summed E-state index contributed by atoms with van der Waals surface area (Å²) < 4.78 is 5.13. The topological polar surface area (TPSA) is 9.23 Å². The van der Waals surface area contributed by atoms with Gasteiger partial charge in [-0.2, -0.15) is 0 Å². The van der Waals surface area contributed by atoms with E-state index in [4.69, 9.17) is 10.6 Å². The van der Waals surface area contributed by atoms with Crippen LogP contribution in [0.3, 0.4) is 0 Å². The Morgan fingerprint density at radius 3 is 3.00 bits per heavy atom. The molecular weight excluding hydrogens is 132 g/mol. The third-order valence-electron chi connectivity index (χ3n) is 1.56. The van der Waals surface area contributed by atoms with Crippen LogP contribution in [-0.2, 0) is 4.18 Å². The molecule has 9 heavy (non-hydrogen) atoms. The first-order valence-corrected chi connectivity index (χ1v) is 3.96. The van der Waals surface area contributed by atoms with E-state index in [1.54, 1.807) is 0 Å². The Balaban J connectivity index is 2.41. The van der Waals surface area contributed by atoms with Crippen molar-refractivity contribution in [1.29, 1.82) is 0 Å². The molecule has 1 saturated heterocycles. The lowest BCUT2D eigenvalue weighted by atomic mass is 9.98. The van der Waals surface area contributed by atoms with Crippen LogP contribution in [-0.4, -0.2) is 12.4 Å². The van der Waals surface area contributed by atoms with E-state index in [-0.39, 0.29) is 0 Å². The van der Waals surface area contributed by atoms with Crippen LogP contribution < -0.4 is 0 Å². The Morgan fingerprint density at radius 2 is 2.56 bits per heavy atom. The number of terminal acetylenes is 1. The summed E-state index contributed by atoms with van der Waals surface area (Å²) in [5.74, 6) is 4.67. The van der Waals surface area contributed by atoms with Gasteiger partial charge in [0.2, 0.25) is 0 Å². The molecule has 0 aromatic heterocycles. The first-order valence-electron chi connectivity index (χ1n) is 3.05. The summed E-state index contributed by atoms with van der Waals surface area (Å²) in [5, 5.41) is 0. The lowest BCUT2D eigenvalue weighted by Gasteiger charge is -2.22. The molecule has 1 heterocycles. The summed E-state index contributed by atoms with van der Waals surface area (Å²) in [4.78, 5) is 0. The Labute approximate surface area is 60.4 Å². The standard InChI is InChI=1S/C7H10OS/c1-3-7-5-9-8-4-6(7)2/h1,6-7H,4-5H2,2H3. The number of hydrogen-bond donors (Lipinski definition) is 0. The van der Waals surface area contributed by atoms with Gasteiger partial charge in [-0.3, -0.25) is 0 Å². The molecule has 1 aliphatic heterocycles. The monoisotopic (exact) mass is 142 g/mol. The second-order valence-corrected chi connectivity index (χ2v) is 3.12. The maximum absolute atomic E-state index is 5.27. The summed E-state index contributed by atoms with van der Waals surface area (Å²) in [7, 11) is 0. The number of rotatable bonds is 0. The summed E-state index contributed by atoms with van der Waals surface area (Å²) >= 11 is 1.49. The van der Waals surface area contributed by atoms with E-state index in [2.05, 4.69) is 12.8 Å². The maximum atomic E-state index is 5.27. The minimum absolute atomic E-state index is 0.420. The predicted molar refractivity (Wildman–Crippen MR) is 39.9 cm³/mol. The fraction of sp³-hybridized carbons (Fsp3) is 0.714. The Bertz CT molecular complexity index is 127. The minimum atomic E-state index is 0.420. The Kier molecular flexibility index (Phi) is 2.44. The predicted octanol–water partition coefficient (Wildman–Crippen LogP) is 1.55. The van der Waals surface area contributed by atoms with E-state index >= 15 is 0 Å². The fourth-order valence-electron chi connectivity index (χ4n) is 0.770. The van der Waals surface area contributed by atoms with Gasteiger partial charge in [0.25, 0.3) is 0 Å². The second-order valence-electron chi connectivity index (χ2n) is 2.32. The van der Waals surface area contributed by atoms with Gasteiger partial charge in [-0.05, 0) is 18.0 Å². The fourth-order valence-corrected chi connectivity index (χ4v) is 1.75. The smallest absolute Gasteiger partial charge is 0.0651 e. The van der Waals surface area contributed by atoms with Crippen LogP contribution in [0.1, 0.15) is 6.92 Å². The zero-order valence-corrected chi connectivity index (χ0v) is 6.28. The molecule has 50 valence electrons. The maximum Gasteiger partial charge on any atom is 0.0651 e. The first kappa shape index (κ1) is 6.98. The summed E-state index contributed by atoms with van der Waals surface area (Å²) in [5.41, 5.74) is 0. The van der Waals surface area contributed by atoms with Gasteiger partial charge in [0, 0.05) is 11.7 Å². The molecule has 2 heteroatoms. The van der Waals surface area contributed by atoms with Crippen molar-refractivity contribution in [1.82, 2.24) is 0 Å². The largest absolute Gasteiger partial charge is 0.315 e. The average molecular weight is 142 g/mol. The van der Waals surface area contributed by atoms with Gasteiger partial charge in [-0.15, -0.1) is 12.3 Å². The normalized spacial score (nSPS) is 35.6. The lowest BCUT2D eigenvalue weighted by Crippen LogP contribution is -2.21. The summed E-state index contributed by atoms with van der Waals surface area (Å²) in [6, 6.07) is 0. The molecule has 0 N–H and O–H groups in total. The molecular formula is C7H10OS. The van der Waals surface area contributed by atoms with Gasteiger partial charge in [0.1, 0.15) is 0 Å². The minimum Gasteiger partial charge on any atom is -0.315 e. The molecule has 1 nitrogen and oxygen atoms in total. The highest BCUT2D eigenvalue weighted by Gasteiger charge is 2.19. The molecule has 0 aromatic rings. The molecule has 1 fully saturated rings. The van der Waals surface area contributed by atoms with Gasteiger partial charge in [-0.25, -0.2) is 0 Å². The second kappa shape index (κ2) is 3.14. The molecule has 0 aromatic carbocycles. The van der Waals surface area contributed by atoms with Gasteiger partial charge >= 0.3 is 0 Å². The highest BCUT2D eigenvalue weighted by molar-refractivity contribution is 7.94. The third kappa shape index (κ3) is 1.64. The van der Waals surface area contributed by atoms with Crippen LogP contribution in [0.25, 0.3) is 0 Å². The lowest BCUT2D eigenvalue weighted by molar-refractivity contribution is 0.251. The van der Waals surface area contributed by atoms with Crippen LogP contribution in [0, 0.1) is 24.2 Å². The number of hydrogen-bond acceptors (Lipinski definition) is 2. The van der Waals surface area contributed by atoms with E-state index < -0.39 is 0 Å². The van der Waals surface area contributed by atoms with Crippen molar-refractivity contribution < 1.29 is 4.18 Å². The molecule has 1 rings (SSSR count). The van der Waals surface area contributed by atoms with E-state index in [1.807, 2.05) is 0 Å². The van der Waals surface area contributed by atoms with Crippen LogP contribution >= 0.6 is 12.0 Å². The Hall–Kier alpha value is -0.130. The molecule has 0 bridgehead atoms. The van der Waals surface area contributed by atoms with Crippen LogP contribution in [0.2, 0.25) is 0 Å². The van der Waals surface area contributed by atoms with Crippen molar-refractivity contribution in [2.75, 3.05) is 12.4 Å². The van der Waals surface area contributed by atoms with Crippen molar-refractivity contribution in [2.45, 2.75) is 6.92 Å². The van der Waals surface area contributed by atoms with Gasteiger partial charge in [-0.1, -0.05) is 6.92 Å². The van der Waals surface area contributed by atoms with Crippen molar-refractivity contribution in [3.05, 3.63) is 0 Å². The highest BCUT2D eigenvalue weighted by atomic mass is 32.2. The Morgan fingerprint density at radius 1 is 1.78 bits per heavy atom. The summed E-state index contributed by atoms with van der Waals surface area (Å²) in [6.45, 7) is 2.93. The molecule has 2 atom stereocenters. The SMILES string of the molecule is C#CC1CSOCC1C. The van der Waals surface area contributed by atoms with Crippen LogP contribution in [0.15, 0.2) is 0 Å². The van der Waals surface area contributed by atoms with Gasteiger partial charge in [0.15, 0.2) is 0 Å². The third-order valence-corrected chi connectivity index (χ3v) is 2.36. The van der Waals surface area contributed by atoms with E-state index in [0.717, 1.165) is 12.4 Å². The highest BCUT2D eigenvalue weighted by Crippen LogP contribution is 2.24. The van der Waals surface area contributed by atoms with Crippen LogP contribution in [0.5, 0.6) is 0 Å². The van der Waals surface area contributed by atoms with Crippen molar-refractivity contribution in [3.63, 3.8) is 0 Å². The molecule has 0 saturated carbocycles. The van der Waals surface area contributed by atoms with Crippen molar-refractivity contribution in [3.8, 4) is 12.3 Å². The van der Waals surface area contributed by atoms with Crippen molar-refractivity contribution in [2.24, 2.45) is 11.8 Å². The average Bonchev–Trinajstić information content (AvgIpc) is 1.89. The van der Waals surface area contributed by atoms with Crippen LogP contribution in [0.4, 0.5) is 0 Å². The van der Waals surface area contributed by atoms with Crippen molar-refractivity contribution >= 4 is 12.0 Å². The van der Waals surface area contributed by atoms with Gasteiger partial charge < -0.3 is 4.18 Å². The zero-order chi connectivity index (χ0) is 6.69. The molecule has 1 aliphatic rings. The summed E-state index contributed by atoms with van der Waals surface area (Å²) in [6.07, 6.45) is 5.27. The quantitative estimate of drug-likeness (QED) is 0.375. The molecule has 0 spiro atoms. The molecule has 2 unspecified atom stereocenters. The van der Waals surface area contributed by atoms with Gasteiger partial charge in [0.05, 0.1) is 6.61 Å². The molecule has 0 amide bonds. The van der Waals surface area contributed by atoms with E-state index in [1.165, 1.54) is 12.0 Å². The van der Waals surface area contributed by atoms with E-state index in [9.17, 15) is 0 Å². The molecule has 0 aliphatic carbocycles. The van der Waals surface area contributed by atoms with E-state index in [0.29, 0.717) is 11.8 Å². The zero-order valence-electron chi connectivity index (χ0n) is 5.46. The first-order chi connectivity index (χ1) is 4.34. The molecule has 0 radical (unpaired) electrons.